The lowest BCUT2D eigenvalue weighted by molar-refractivity contribution is -0.124. The summed E-state index contributed by atoms with van der Waals surface area (Å²) in [5.41, 5.74) is -0.176. The van der Waals surface area contributed by atoms with Gasteiger partial charge in [0.1, 0.15) is 5.58 Å². The predicted molar refractivity (Wildman–Crippen MR) is 78.9 cm³/mol. The number of hydrogen-bond acceptors (Lipinski definition) is 5. The molecule has 2 aromatic rings. The van der Waals surface area contributed by atoms with Gasteiger partial charge in [0.15, 0.2) is 12.0 Å². The SMILES string of the molecule is O=C(COC(=O)c1cc(=O)c2cc(Cl)ccc2o1)NC1CC1. The third-order valence-corrected chi connectivity index (χ3v) is 3.40. The van der Waals surface area contributed by atoms with E-state index in [0.717, 1.165) is 18.9 Å². The quantitative estimate of drug-likeness (QED) is 0.869. The molecule has 0 saturated heterocycles. The van der Waals surface area contributed by atoms with Gasteiger partial charge in [-0.3, -0.25) is 9.59 Å². The van der Waals surface area contributed by atoms with Crippen LogP contribution >= 0.6 is 11.6 Å². The van der Waals surface area contributed by atoms with Gasteiger partial charge in [-0.15, -0.1) is 0 Å². The van der Waals surface area contributed by atoms with Crippen LogP contribution in [0.25, 0.3) is 11.0 Å². The van der Waals surface area contributed by atoms with Crippen LogP contribution in [0.3, 0.4) is 0 Å². The van der Waals surface area contributed by atoms with Gasteiger partial charge in [-0.05, 0) is 31.0 Å². The van der Waals surface area contributed by atoms with E-state index < -0.39 is 18.0 Å². The number of hydrogen-bond donors (Lipinski definition) is 1. The van der Waals surface area contributed by atoms with Crippen LogP contribution in [0.5, 0.6) is 0 Å². The Kier molecular flexibility index (Phi) is 3.85. The van der Waals surface area contributed by atoms with Crippen molar-refractivity contribution in [3.8, 4) is 0 Å². The summed E-state index contributed by atoms with van der Waals surface area (Å²) in [5.74, 6) is -1.48. The Morgan fingerprint density at radius 2 is 2.09 bits per heavy atom. The Hall–Kier alpha value is -2.34. The van der Waals surface area contributed by atoms with Gasteiger partial charge in [-0.25, -0.2) is 4.79 Å². The van der Waals surface area contributed by atoms with Crippen LogP contribution in [0.1, 0.15) is 23.4 Å². The number of halogens is 1. The zero-order valence-corrected chi connectivity index (χ0v) is 12.2. The minimum atomic E-state index is -0.861. The predicted octanol–water partition coefficient (Wildman–Crippen LogP) is 1.88. The molecule has 0 aliphatic heterocycles. The van der Waals surface area contributed by atoms with Crippen molar-refractivity contribution in [3.05, 3.63) is 45.3 Å². The first kappa shape index (κ1) is 14.6. The first-order valence-electron chi connectivity index (χ1n) is 6.73. The minimum absolute atomic E-state index is 0.189. The van der Waals surface area contributed by atoms with Crippen LogP contribution in [0.4, 0.5) is 0 Å². The topological polar surface area (TPSA) is 85.6 Å². The maximum absolute atomic E-state index is 11.9. The van der Waals surface area contributed by atoms with Crippen LogP contribution in [0, 0.1) is 0 Å². The number of nitrogens with one attached hydrogen (secondary N) is 1. The Morgan fingerprint density at radius 3 is 2.82 bits per heavy atom. The van der Waals surface area contributed by atoms with Crippen LogP contribution in [-0.4, -0.2) is 24.5 Å². The Bertz CT molecular complexity index is 809. The van der Waals surface area contributed by atoms with Gasteiger partial charge in [0.2, 0.25) is 5.76 Å². The minimum Gasteiger partial charge on any atom is -0.450 e. The number of carbonyl (C=O) groups is 2. The molecule has 1 heterocycles. The molecule has 1 saturated carbocycles. The smallest absolute Gasteiger partial charge is 0.374 e. The van der Waals surface area contributed by atoms with Crippen LogP contribution in [0.2, 0.25) is 5.02 Å². The number of benzene rings is 1. The summed E-state index contributed by atoms with van der Waals surface area (Å²) in [6.45, 7) is -0.405. The lowest BCUT2D eigenvalue weighted by Gasteiger charge is -2.05. The van der Waals surface area contributed by atoms with Crippen molar-refractivity contribution in [2.24, 2.45) is 0 Å². The van der Waals surface area contributed by atoms with E-state index in [2.05, 4.69) is 5.32 Å². The molecular formula is C15H12ClNO5. The molecule has 7 heteroatoms. The highest BCUT2D eigenvalue weighted by molar-refractivity contribution is 6.31. The molecule has 1 aliphatic carbocycles. The highest BCUT2D eigenvalue weighted by atomic mass is 35.5. The van der Waals surface area contributed by atoms with E-state index in [0.29, 0.717) is 5.02 Å². The van der Waals surface area contributed by atoms with E-state index in [-0.39, 0.29) is 28.7 Å². The Labute approximate surface area is 130 Å². The number of ether oxygens (including phenoxy) is 1. The van der Waals surface area contributed by atoms with E-state index >= 15 is 0 Å². The van der Waals surface area contributed by atoms with E-state index in [4.69, 9.17) is 20.8 Å². The third kappa shape index (κ3) is 3.28. The fraction of sp³-hybridized carbons (Fsp3) is 0.267. The number of fused-ring (bicyclic) bond motifs is 1. The largest absolute Gasteiger partial charge is 0.450 e. The fourth-order valence-corrected chi connectivity index (χ4v) is 2.10. The van der Waals surface area contributed by atoms with Gasteiger partial charge >= 0.3 is 5.97 Å². The maximum Gasteiger partial charge on any atom is 0.374 e. The molecule has 1 fully saturated rings. The van der Waals surface area contributed by atoms with E-state index in [1.165, 1.54) is 12.1 Å². The average Bonchev–Trinajstić information content (AvgIpc) is 3.29. The normalized spacial score (nSPS) is 13.9. The summed E-state index contributed by atoms with van der Waals surface area (Å²) in [6.07, 6.45) is 1.89. The monoisotopic (exact) mass is 321 g/mol. The highest BCUT2D eigenvalue weighted by Crippen LogP contribution is 2.19. The van der Waals surface area contributed by atoms with Crippen LogP contribution < -0.4 is 10.7 Å². The number of amides is 1. The zero-order chi connectivity index (χ0) is 15.7. The molecule has 6 nitrogen and oxygen atoms in total. The number of rotatable bonds is 4. The van der Waals surface area contributed by atoms with Crippen LogP contribution in [0.15, 0.2) is 33.5 Å². The molecule has 0 atom stereocenters. The van der Waals surface area contributed by atoms with E-state index in [1.54, 1.807) is 6.07 Å². The van der Waals surface area contributed by atoms with E-state index in [1.807, 2.05) is 0 Å². The van der Waals surface area contributed by atoms with Gasteiger partial charge in [0.25, 0.3) is 5.91 Å². The molecule has 1 aromatic heterocycles. The van der Waals surface area contributed by atoms with Crippen LogP contribution in [-0.2, 0) is 9.53 Å². The summed E-state index contributed by atoms with van der Waals surface area (Å²) in [6, 6.07) is 5.72. The van der Waals surface area contributed by atoms with Gasteiger partial charge in [0.05, 0.1) is 5.39 Å². The lowest BCUT2D eigenvalue weighted by Crippen LogP contribution is -2.30. The average molecular weight is 322 g/mol. The van der Waals surface area contributed by atoms with Gasteiger partial charge in [-0.1, -0.05) is 11.6 Å². The zero-order valence-electron chi connectivity index (χ0n) is 11.4. The Balaban J connectivity index is 1.74. The van der Waals surface area contributed by atoms with Gasteiger partial charge in [0, 0.05) is 17.1 Å². The summed E-state index contributed by atoms with van der Waals surface area (Å²) in [7, 11) is 0. The highest BCUT2D eigenvalue weighted by Gasteiger charge is 2.24. The van der Waals surface area contributed by atoms with Gasteiger partial charge in [-0.2, -0.15) is 0 Å². The van der Waals surface area contributed by atoms with Crippen molar-refractivity contribution < 1.29 is 18.7 Å². The molecule has 1 amide bonds. The van der Waals surface area contributed by atoms with Gasteiger partial charge < -0.3 is 14.5 Å². The lowest BCUT2D eigenvalue weighted by atomic mass is 10.2. The first-order chi connectivity index (χ1) is 10.5. The molecule has 1 N–H and O–H groups in total. The molecule has 1 aliphatic rings. The van der Waals surface area contributed by atoms with E-state index in [9.17, 15) is 14.4 Å². The molecule has 0 bridgehead atoms. The maximum atomic E-state index is 11.9. The first-order valence-corrected chi connectivity index (χ1v) is 7.10. The molecule has 0 radical (unpaired) electrons. The molecule has 22 heavy (non-hydrogen) atoms. The standard InChI is InChI=1S/C15H12ClNO5/c16-8-1-4-12-10(5-8)11(18)6-13(22-12)15(20)21-7-14(19)17-9-2-3-9/h1,4-6,9H,2-3,7H2,(H,17,19). The molecular weight excluding hydrogens is 310 g/mol. The second-order valence-electron chi connectivity index (χ2n) is 5.03. The summed E-state index contributed by atoms with van der Waals surface area (Å²) >= 11 is 5.81. The molecule has 0 unspecified atom stereocenters. The third-order valence-electron chi connectivity index (χ3n) is 3.17. The molecule has 0 spiro atoms. The van der Waals surface area contributed by atoms with Crippen molar-refractivity contribution in [1.29, 1.82) is 0 Å². The summed E-state index contributed by atoms with van der Waals surface area (Å²) < 4.78 is 10.2. The molecule has 3 rings (SSSR count). The fourth-order valence-electron chi connectivity index (χ4n) is 1.93. The van der Waals surface area contributed by atoms with Crippen molar-refractivity contribution in [2.75, 3.05) is 6.61 Å². The molecule has 1 aromatic carbocycles. The second-order valence-corrected chi connectivity index (χ2v) is 5.47. The summed E-state index contributed by atoms with van der Waals surface area (Å²) in [4.78, 5) is 35.2. The number of carbonyl (C=O) groups excluding carboxylic acids is 2. The Morgan fingerprint density at radius 1 is 1.32 bits per heavy atom. The van der Waals surface area contributed by atoms with Crippen molar-refractivity contribution in [1.82, 2.24) is 5.32 Å². The summed E-state index contributed by atoms with van der Waals surface area (Å²) in [5, 5.41) is 3.35. The molecule has 114 valence electrons. The second kappa shape index (κ2) is 5.81. The van der Waals surface area contributed by atoms with Crippen molar-refractivity contribution in [2.45, 2.75) is 18.9 Å². The van der Waals surface area contributed by atoms with Crippen molar-refractivity contribution in [3.63, 3.8) is 0 Å². The van der Waals surface area contributed by atoms with Crippen molar-refractivity contribution >= 4 is 34.4 Å². The number of esters is 1.